The minimum Gasteiger partial charge on any atom is -0.368 e. The first-order valence-corrected chi connectivity index (χ1v) is 6.81. The molecule has 1 unspecified atom stereocenters. The zero-order chi connectivity index (χ0) is 14.1. The lowest BCUT2D eigenvalue weighted by Gasteiger charge is -2.23. The summed E-state index contributed by atoms with van der Waals surface area (Å²) in [4.78, 5) is 15.8. The molecule has 0 fully saturated rings. The van der Waals surface area contributed by atoms with Gasteiger partial charge in [0, 0.05) is 0 Å². The fourth-order valence-electron chi connectivity index (χ4n) is 0.665. The molecular weight excluding hydrogens is 249 g/mol. The average Bonchev–Trinajstić information content (AvgIpc) is 1.98. The molecule has 0 aliphatic heterocycles. The van der Waals surface area contributed by atoms with E-state index in [0.717, 1.165) is 11.0 Å². The van der Waals surface area contributed by atoms with E-state index in [0.29, 0.717) is 6.61 Å². The Bertz CT molecular complexity index is 222. The highest BCUT2D eigenvalue weighted by atomic mass is 31.2. The third-order valence-corrected chi connectivity index (χ3v) is 2.01. The SMILES string of the molecule is CC(O)OCC[N+](C)(C)C.CCOP(=O)(O)O. The van der Waals surface area contributed by atoms with Crippen LogP contribution < -0.4 is 0 Å². The smallest absolute Gasteiger partial charge is 0.368 e. The van der Waals surface area contributed by atoms with Gasteiger partial charge >= 0.3 is 7.82 Å². The first-order chi connectivity index (χ1) is 7.48. The van der Waals surface area contributed by atoms with E-state index in [4.69, 9.17) is 19.6 Å². The lowest BCUT2D eigenvalue weighted by Crippen LogP contribution is -2.38. The number of hydrogen-bond acceptors (Lipinski definition) is 4. The standard InChI is InChI=1S/C7H18NO2.C2H7O4P/c1-7(9)10-6-5-8(2,3)4;1-2-6-7(3,4)5/h7,9H,5-6H2,1-4H3;2H2,1H3,(H2,3,4,5)/q+1;. The zero-order valence-electron chi connectivity index (χ0n) is 11.2. The Kier molecular flexibility index (Phi) is 10.2. The quantitative estimate of drug-likeness (QED) is 0.363. The molecule has 0 heterocycles. The first kappa shape index (κ1) is 19.3. The number of quaternary nitrogens is 1. The number of rotatable bonds is 6. The minimum atomic E-state index is -4.17. The molecule has 0 aromatic carbocycles. The van der Waals surface area contributed by atoms with Crippen molar-refractivity contribution in [1.82, 2.24) is 0 Å². The van der Waals surface area contributed by atoms with Gasteiger partial charge < -0.3 is 24.1 Å². The van der Waals surface area contributed by atoms with Crippen molar-refractivity contribution >= 4 is 7.82 Å². The summed E-state index contributed by atoms with van der Waals surface area (Å²) in [6.45, 7) is 4.71. The molecule has 0 spiro atoms. The number of nitrogens with zero attached hydrogens (tertiary/aromatic N) is 1. The van der Waals surface area contributed by atoms with Crippen molar-refractivity contribution in [3.05, 3.63) is 0 Å². The fraction of sp³-hybridized carbons (Fsp3) is 1.00. The topological polar surface area (TPSA) is 96.2 Å². The van der Waals surface area contributed by atoms with Gasteiger partial charge in [-0.1, -0.05) is 0 Å². The molecular formula is C9H25NO6P+. The second-order valence-corrected chi connectivity index (χ2v) is 5.63. The Hall–Kier alpha value is -0.0100. The summed E-state index contributed by atoms with van der Waals surface area (Å²) in [5, 5.41) is 8.72. The summed E-state index contributed by atoms with van der Waals surface area (Å²) >= 11 is 0. The predicted octanol–water partition coefficient (Wildman–Crippen LogP) is 0.163. The number of ether oxygens (including phenoxy) is 1. The number of likely N-dealkylation sites (N-methyl/N-ethyl adjacent to an activating group) is 1. The Morgan fingerprint density at radius 3 is 1.94 bits per heavy atom. The molecule has 0 aromatic rings. The van der Waals surface area contributed by atoms with Gasteiger partial charge in [-0.2, -0.15) is 0 Å². The summed E-state index contributed by atoms with van der Waals surface area (Å²) in [5.41, 5.74) is 0. The second-order valence-electron chi connectivity index (χ2n) is 4.39. The number of aliphatic hydroxyl groups is 1. The Morgan fingerprint density at radius 1 is 1.29 bits per heavy atom. The molecule has 0 aromatic heterocycles. The van der Waals surface area contributed by atoms with Crippen LogP contribution in [0.25, 0.3) is 0 Å². The number of hydrogen-bond donors (Lipinski definition) is 3. The monoisotopic (exact) mass is 274 g/mol. The van der Waals surface area contributed by atoms with Crippen molar-refractivity contribution < 1.29 is 33.2 Å². The van der Waals surface area contributed by atoms with Gasteiger partial charge in [-0.15, -0.1) is 0 Å². The number of phosphoric acid groups is 1. The molecule has 3 N–H and O–H groups in total. The van der Waals surface area contributed by atoms with Gasteiger partial charge in [-0.05, 0) is 13.8 Å². The van der Waals surface area contributed by atoms with E-state index in [9.17, 15) is 4.57 Å². The fourth-order valence-corrected chi connectivity index (χ4v) is 1.00. The van der Waals surface area contributed by atoms with Gasteiger partial charge in [0.25, 0.3) is 0 Å². The van der Waals surface area contributed by atoms with Crippen LogP contribution in [0.2, 0.25) is 0 Å². The summed E-state index contributed by atoms with van der Waals surface area (Å²) in [7, 11) is 2.10. The third kappa shape index (κ3) is 25.9. The summed E-state index contributed by atoms with van der Waals surface area (Å²) in [6.07, 6.45) is -0.633. The molecule has 1 atom stereocenters. The number of aliphatic hydroxyl groups excluding tert-OH is 1. The van der Waals surface area contributed by atoms with E-state index < -0.39 is 14.1 Å². The van der Waals surface area contributed by atoms with Crippen LogP contribution in [-0.4, -0.2) is 66.6 Å². The van der Waals surface area contributed by atoms with Gasteiger partial charge in [-0.25, -0.2) is 4.57 Å². The van der Waals surface area contributed by atoms with Gasteiger partial charge in [0.15, 0.2) is 6.29 Å². The van der Waals surface area contributed by atoms with Gasteiger partial charge in [0.2, 0.25) is 0 Å². The third-order valence-electron chi connectivity index (χ3n) is 1.42. The summed E-state index contributed by atoms with van der Waals surface area (Å²) in [6, 6.07) is 0. The summed E-state index contributed by atoms with van der Waals surface area (Å²) < 4.78 is 19.4. The van der Waals surface area contributed by atoms with E-state index in [1.54, 1.807) is 6.92 Å². The van der Waals surface area contributed by atoms with Crippen molar-refractivity contribution in [3.8, 4) is 0 Å². The van der Waals surface area contributed by atoms with Crippen LogP contribution in [0, 0.1) is 0 Å². The van der Waals surface area contributed by atoms with Crippen LogP contribution >= 0.6 is 7.82 Å². The lowest BCUT2D eigenvalue weighted by atomic mass is 10.5. The number of phosphoric ester groups is 1. The maximum Gasteiger partial charge on any atom is 0.469 e. The van der Waals surface area contributed by atoms with E-state index in [-0.39, 0.29) is 6.61 Å². The average molecular weight is 274 g/mol. The Balaban J connectivity index is 0. The lowest BCUT2D eigenvalue weighted by molar-refractivity contribution is -0.871. The molecule has 0 saturated carbocycles. The van der Waals surface area contributed by atoms with E-state index in [2.05, 4.69) is 25.7 Å². The van der Waals surface area contributed by atoms with Crippen molar-refractivity contribution in [1.29, 1.82) is 0 Å². The molecule has 0 aliphatic rings. The van der Waals surface area contributed by atoms with Crippen LogP contribution in [0.1, 0.15) is 13.8 Å². The van der Waals surface area contributed by atoms with Crippen molar-refractivity contribution in [3.63, 3.8) is 0 Å². The van der Waals surface area contributed by atoms with Crippen LogP contribution in [-0.2, 0) is 13.8 Å². The van der Waals surface area contributed by atoms with Gasteiger partial charge in [-0.3, -0.25) is 4.52 Å². The molecule has 0 rings (SSSR count). The zero-order valence-corrected chi connectivity index (χ0v) is 12.1. The van der Waals surface area contributed by atoms with Crippen LogP contribution in [0.5, 0.6) is 0 Å². The van der Waals surface area contributed by atoms with Crippen LogP contribution in [0.15, 0.2) is 0 Å². The molecule has 0 radical (unpaired) electrons. The highest BCUT2D eigenvalue weighted by Crippen LogP contribution is 2.34. The molecule has 17 heavy (non-hydrogen) atoms. The van der Waals surface area contributed by atoms with E-state index in [1.165, 1.54) is 6.92 Å². The normalized spacial score (nSPS) is 13.9. The Morgan fingerprint density at radius 2 is 1.76 bits per heavy atom. The predicted molar refractivity (Wildman–Crippen MR) is 64.2 cm³/mol. The molecule has 106 valence electrons. The maximum absolute atomic E-state index is 9.70. The van der Waals surface area contributed by atoms with Gasteiger partial charge in [0.05, 0.1) is 34.4 Å². The second kappa shape index (κ2) is 8.99. The largest absolute Gasteiger partial charge is 0.469 e. The minimum absolute atomic E-state index is 0.0459. The first-order valence-electron chi connectivity index (χ1n) is 5.28. The van der Waals surface area contributed by atoms with Crippen molar-refractivity contribution in [2.45, 2.75) is 20.1 Å². The maximum atomic E-state index is 9.70. The molecule has 0 amide bonds. The van der Waals surface area contributed by atoms with Crippen LogP contribution in [0.3, 0.4) is 0 Å². The molecule has 8 heteroatoms. The molecule has 7 nitrogen and oxygen atoms in total. The van der Waals surface area contributed by atoms with Gasteiger partial charge in [0.1, 0.15) is 6.54 Å². The highest BCUT2D eigenvalue weighted by molar-refractivity contribution is 7.46. The van der Waals surface area contributed by atoms with E-state index in [1.807, 2.05) is 0 Å². The Labute approximate surface area is 103 Å². The molecule has 0 aliphatic carbocycles. The molecule has 0 saturated heterocycles. The van der Waals surface area contributed by atoms with Crippen molar-refractivity contribution in [2.24, 2.45) is 0 Å². The molecule has 0 bridgehead atoms. The highest BCUT2D eigenvalue weighted by Gasteiger charge is 2.10. The van der Waals surface area contributed by atoms with E-state index >= 15 is 0 Å². The van der Waals surface area contributed by atoms with Crippen LogP contribution in [0.4, 0.5) is 0 Å². The summed E-state index contributed by atoms with van der Waals surface area (Å²) in [5.74, 6) is 0. The van der Waals surface area contributed by atoms with Crippen molar-refractivity contribution in [2.75, 3.05) is 40.9 Å².